The number of hydrogen-bond acceptors (Lipinski definition) is 7. The van der Waals surface area contributed by atoms with E-state index in [1.54, 1.807) is 34.9 Å². The number of amides is 2. The molecule has 1 aliphatic rings. The Morgan fingerprint density at radius 1 is 1.05 bits per heavy atom. The maximum atomic E-state index is 14.1. The first kappa shape index (κ1) is 27.1. The fraction of sp³-hybridized carbons (Fsp3) is 0.333. The predicted molar refractivity (Wildman–Crippen MR) is 149 cm³/mol. The van der Waals surface area contributed by atoms with Crippen LogP contribution >= 0.6 is 0 Å². The Morgan fingerprint density at radius 2 is 1.82 bits per heavy atom. The first-order valence-corrected chi connectivity index (χ1v) is 13.3. The van der Waals surface area contributed by atoms with Crippen molar-refractivity contribution in [1.82, 2.24) is 25.2 Å². The Balaban J connectivity index is 1.51. The van der Waals surface area contributed by atoms with Gasteiger partial charge >= 0.3 is 0 Å². The fourth-order valence-electron chi connectivity index (χ4n) is 4.99. The highest BCUT2D eigenvalue weighted by Gasteiger charge is 2.35. The van der Waals surface area contributed by atoms with Crippen LogP contribution in [-0.2, 0) is 27.4 Å². The van der Waals surface area contributed by atoms with E-state index in [1.165, 1.54) is 7.11 Å². The molecule has 208 valence electrons. The van der Waals surface area contributed by atoms with Gasteiger partial charge in [0.1, 0.15) is 18.1 Å². The third-order valence-corrected chi connectivity index (χ3v) is 7.04. The largest absolute Gasteiger partial charge is 0.493 e. The molecule has 0 spiro atoms. The van der Waals surface area contributed by atoms with Gasteiger partial charge < -0.3 is 24.4 Å². The maximum absolute atomic E-state index is 14.1. The maximum Gasteiger partial charge on any atom is 0.247 e. The molecule has 40 heavy (non-hydrogen) atoms. The predicted octanol–water partition coefficient (Wildman–Crippen LogP) is 3.51. The summed E-state index contributed by atoms with van der Waals surface area (Å²) in [7, 11) is 3.09. The second-order valence-electron chi connectivity index (χ2n) is 9.64. The normalized spacial score (nSPS) is 15.5. The molecule has 10 nitrogen and oxygen atoms in total. The zero-order valence-corrected chi connectivity index (χ0v) is 22.7. The van der Waals surface area contributed by atoms with Gasteiger partial charge in [-0.15, -0.1) is 5.10 Å². The van der Waals surface area contributed by atoms with Crippen LogP contribution in [-0.4, -0.2) is 65.2 Å². The zero-order valence-electron chi connectivity index (χ0n) is 22.7. The summed E-state index contributed by atoms with van der Waals surface area (Å²) in [6.07, 6.45) is 1.53. The average molecular weight is 544 g/mol. The van der Waals surface area contributed by atoms with E-state index in [1.807, 2.05) is 54.6 Å². The van der Waals surface area contributed by atoms with Crippen molar-refractivity contribution in [3.63, 3.8) is 0 Å². The van der Waals surface area contributed by atoms with Crippen LogP contribution in [0.1, 0.15) is 30.0 Å². The number of aromatic nitrogens is 3. The van der Waals surface area contributed by atoms with Crippen molar-refractivity contribution in [3.8, 4) is 11.5 Å². The van der Waals surface area contributed by atoms with Crippen LogP contribution in [0.25, 0.3) is 11.0 Å². The van der Waals surface area contributed by atoms with E-state index < -0.39 is 6.04 Å². The van der Waals surface area contributed by atoms with E-state index in [9.17, 15) is 9.59 Å². The number of nitrogens with zero attached hydrogens (tertiary/aromatic N) is 4. The lowest BCUT2D eigenvalue weighted by molar-refractivity contribution is -0.143. The summed E-state index contributed by atoms with van der Waals surface area (Å²) >= 11 is 0. The fourth-order valence-corrected chi connectivity index (χ4v) is 4.99. The minimum absolute atomic E-state index is 0.0804. The van der Waals surface area contributed by atoms with Crippen molar-refractivity contribution >= 4 is 22.8 Å². The lowest BCUT2D eigenvalue weighted by Gasteiger charge is -2.33. The molecule has 0 bridgehead atoms. The van der Waals surface area contributed by atoms with E-state index in [0.717, 1.165) is 23.9 Å². The Bertz CT molecular complexity index is 1450. The third-order valence-electron chi connectivity index (χ3n) is 7.04. The highest BCUT2D eigenvalue weighted by molar-refractivity contribution is 5.89. The Morgan fingerprint density at radius 3 is 2.58 bits per heavy atom. The van der Waals surface area contributed by atoms with Crippen molar-refractivity contribution in [2.24, 2.45) is 0 Å². The minimum atomic E-state index is -0.949. The van der Waals surface area contributed by atoms with Gasteiger partial charge in [0.15, 0.2) is 11.5 Å². The van der Waals surface area contributed by atoms with Crippen LogP contribution in [0.3, 0.4) is 0 Å². The second-order valence-corrected chi connectivity index (χ2v) is 9.64. The number of nitrogens with one attached hydrogen (secondary N) is 1. The molecule has 0 unspecified atom stereocenters. The SMILES string of the molecule is COc1ccc([C@H](C(=O)NCc2ccccc2)N(C[C@@H]2CCCO2)C(=O)Cn2nnc3ccccc32)cc1OC. The van der Waals surface area contributed by atoms with Crippen molar-refractivity contribution in [2.45, 2.75) is 38.1 Å². The first-order valence-electron chi connectivity index (χ1n) is 13.3. The molecule has 1 aromatic heterocycles. The van der Waals surface area contributed by atoms with Crippen molar-refractivity contribution in [3.05, 3.63) is 83.9 Å². The summed E-state index contributed by atoms with van der Waals surface area (Å²) in [6.45, 7) is 1.12. The quantitative estimate of drug-likeness (QED) is 0.308. The molecular weight excluding hydrogens is 510 g/mol. The molecule has 4 aromatic rings. The molecule has 0 aliphatic carbocycles. The number of benzene rings is 3. The molecule has 1 fully saturated rings. The highest BCUT2D eigenvalue weighted by atomic mass is 16.5. The number of ether oxygens (including phenoxy) is 3. The molecule has 2 amide bonds. The van der Waals surface area contributed by atoms with Crippen molar-refractivity contribution in [1.29, 1.82) is 0 Å². The topological polar surface area (TPSA) is 108 Å². The Hall–Kier alpha value is -4.44. The van der Waals surface area contributed by atoms with E-state index in [4.69, 9.17) is 14.2 Å². The molecule has 2 atom stereocenters. The number of carbonyl (C=O) groups is 2. The van der Waals surface area contributed by atoms with Crippen molar-refractivity contribution in [2.75, 3.05) is 27.4 Å². The molecule has 5 rings (SSSR count). The first-order chi connectivity index (χ1) is 19.6. The van der Waals surface area contributed by atoms with Gasteiger partial charge in [-0.25, -0.2) is 4.68 Å². The van der Waals surface area contributed by atoms with Crippen LogP contribution < -0.4 is 14.8 Å². The monoisotopic (exact) mass is 543 g/mol. The molecule has 0 radical (unpaired) electrons. The zero-order chi connectivity index (χ0) is 27.9. The Labute approximate surface area is 232 Å². The van der Waals surface area contributed by atoms with E-state index in [0.29, 0.717) is 35.7 Å². The van der Waals surface area contributed by atoms with E-state index in [2.05, 4.69) is 15.6 Å². The number of fused-ring (bicyclic) bond motifs is 1. The molecule has 3 aromatic carbocycles. The molecule has 1 aliphatic heterocycles. The van der Waals surface area contributed by atoms with Gasteiger partial charge in [-0.2, -0.15) is 0 Å². The van der Waals surface area contributed by atoms with Gasteiger partial charge in [-0.1, -0.05) is 53.7 Å². The second kappa shape index (κ2) is 12.6. The van der Waals surface area contributed by atoms with Crippen LogP contribution in [0, 0.1) is 0 Å². The molecule has 2 heterocycles. The van der Waals surface area contributed by atoms with E-state index in [-0.39, 0.29) is 31.0 Å². The summed E-state index contributed by atoms with van der Waals surface area (Å²) in [6, 6.07) is 21.4. The third kappa shape index (κ3) is 6.07. The van der Waals surface area contributed by atoms with Crippen LogP contribution in [0.15, 0.2) is 72.8 Å². The number of carbonyl (C=O) groups excluding carboxylic acids is 2. The Kier molecular flexibility index (Phi) is 8.56. The van der Waals surface area contributed by atoms with Gasteiger partial charge in [0.2, 0.25) is 11.8 Å². The molecule has 10 heteroatoms. The average Bonchev–Trinajstić information content (AvgIpc) is 3.66. The van der Waals surface area contributed by atoms with Gasteiger partial charge in [0.05, 0.1) is 25.8 Å². The lowest BCUT2D eigenvalue weighted by Crippen LogP contribution is -2.47. The molecule has 1 saturated heterocycles. The van der Waals surface area contributed by atoms with Gasteiger partial charge in [-0.3, -0.25) is 9.59 Å². The summed E-state index contributed by atoms with van der Waals surface area (Å²) in [5.74, 6) is 0.403. The van der Waals surface area contributed by atoms with E-state index >= 15 is 0 Å². The van der Waals surface area contributed by atoms with Gasteiger partial charge in [0, 0.05) is 19.7 Å². The molecule has 0 saturated carbocycles. The minimum Gasteiger partial charge on any atom is -0.493 e. The number of hydrogen-bond donors (Lipinski definition) is 1. The number of rotatable bonds is 11. The molecular formula is C30H33N5O5. The van der Waals surface area contributed by atoms with Crippen LogP contribution in [0.2, 0.25) is 0 Å². The van der Waals surface area contributed by atoms with Crippen molar-refractivity contribution < 1.29 is 23.8 Å². The van der Waals surface area contributed by atoms with Crippen LogP contribution in [0.5, 0.6) is 11.5 Å². The number of para-hydroxylation sites is 1. The summed E-state index contributed by atoms with van der Waals surface area (Å²) in [4.78, 5) is 29.6. The smallest absolute Gasteiger partial charge is 0.247 e. The number of methoxy groups -OCH3 is 2. The summed E-state index contributed by atoms with van der Waals surface area (Å²) in [5, 5.41) is 11.4. The van der Waals surface area contributed by atoms with Gasteiger partial charge in [0.25, 0.3) is 0 Å². The summed E-state index contributed by atoms with van der Waals surface area (Å²) in [5.41, 5.74) is 2.98. The standard InChI is InChI=1S/C30H33N5O5/c1-38-26-15-14-22(17-27(26)39-2)29(30(37)31-18-21-9-4-3-5-10-21)34(19-23-11-8-16-40-23)28(36)20-35-25-13-7-6-12-24(25)32-33-35/h3-7,9-10,12-15,17,23,29H,8,11,16,18-20H2,1-2H3,(H,31,37)/t23-,29+/m0/s1. The van der Waals surface area contributed by atoms with Crippen LogP contribution in [0.4, 0.5) is 0 Å². The summed E-state index contributed by atoms with van der Waals surface area (Å²) < 4.78 is 18.4. The lowest BCUT2D eigenvalue weighted by atomic mass is 10.0. The molecule has 1 N–H and O–H groups in total. The van der Waals surface area contributed by atoms with Gasteiger partial charge in [-0.05, 0) is 48.2 Å². The highest BCUT2D eigenvalue weighted by Crippen LogP contribution is 2.33.